The van der Waals surface area contributed by atoms with Crippen LogP contribution < -0.4 is 0 Å². The molecule has 2 saturated heterocycles. The highest BCUT2D eigenvalue weighted by atomic mass is 16.6. The van der Waals surface area contributed by atoms with E-state index >= 15 is 0 Å². The van der Waals surface area contributed by atoms with E-state index in [0.29, 0.717) is 31.8 Å². The minimum Gasteiger partial charge on any atom is -0.462 e. The molecule has 4 saturated carbocycles. The van der Waals surface area contributed by atoms with E-state index in [0.717, 1.165) is 31.3 Å². The maximum atomic E-state index is 12.8. The quantitative estimate of drug-likeness (QED) is 0.376. The van der Waals surface area contributed by atoms with Gasteiger partial charge in [-0.2, -0.15) is 0 Å². The van der Waals surface area contributed by atoms with Gasteiger partial charge in [-0.15, -0.1) is 0 Å². The van der Waals surface area contributed by atoms with E-state index in [2.05, 4.69) is 6.92 Å². The van der Waals surface area contributed by atoms with Gasteiger partial charge in [-0.3, -0.25) is 4.79 Å². The standard InChI is InChI=1S/C25H30O7/c1-13(27)30-15-3-6-23(12-26)16-4-5-22(2)17(14-7-21(28)29-11-14)8-20-25(22,32-20)18(16)9-19-24(23,10-15)31-19/h7,12,15-20H,3-6,8-11H2,1-2H3/t15-,16-,17+,18+,19+,20-,22+,23-,24+,25-/m0/s1. The van der Waals surface area contributed by atoms with Gasteiger partial charge >= 0.3 is 11.9 Å². The summed E-state index contributed by atoms with van der Waals surface area (Å²) < 4.78 is 23.7. The van der Waals surface area contributed by atoms with E-state index in [4.69, 9.17) is 18.9 Å². The first kappa shape index (κ1) is 19.7. The summed E-state index contributed by atoms with van der Waals surface area (Å²) in [6.45, 7) is 4.19. The van der Waals surface area contributed by atoms with Crippen molar-refractivity contribution in [1.29, 1.82) is 0 Å². The van der Waals surface area contributed by atoms with Crippen LogP contribution in [0, 0.1) is 28.6 Å². The molecule has 2 spiro atoms. The molecule has 3 aliphatic heterocycles. The normalized spacial score (nSPS) is 56.4. The minimum absolute atomic E-state index is 0.0311. The molecule has 3 heterocycles. The second-order valence-corrected chi connectivity index (χ2v) is 11.5. The van der Waals surface area contributed by atoms with Crippen LogP contribution in [0.15, 0.2) is 11.6 Å². The number of hydrogen-bond donors (Lipinski definition) is 0. The van der Waals surface area contributed by atoms with Gasteiger partial charge in [0.25, 0.3) is 0 Å². The molecule has 0 radical (unpaired) electrons. The smallest absolute Gasteiger partial charge is 0.331 e. The van der Waals surface area contributed by atoms with Crippen molar-refractivity contribution in [2.75, 3.05) is 6.61 Å². The molecule has 6 fully saturated rings. The molecule has 172 valence electrons. The maximum Gasteiger partial charge on any atom is 0.331 e. The molecule has 7 nitrogen and oxygen atoms in total. The molecule has 0 bridgehead atoms. The van der Waals surface area contributed by atoms with Crippen LogP contribution in [0.1, 0.15) is 58.8 Å². The van der Waals surface area contributed by atoms with Crippen LogP contribution in [0.25, 0.3) is 0 Å². The monoisotopic (exact) mass is 442 g/mol. The van der Waals surface area contributed by atoms with Crippen molar-refractivity contribution < 1.29 is 33.3 Å². The zero-order chi connectivity index (χ0) is 22.1. The van der Waals surface area contributed by atoms with Crippen molar-refractivity contribution >= 4 is 18.2 Å². The lowest BCUT2D eigenvalue weighted by molar-refractivity contribution is -0.164. The molecule has 0 aromatic carbocycles. The molecule has 32 heavy (non-hydrogen) atoms. The van der Waals surface area contributed by atoms with Crippen molar-refractivity contribution in [3.8, 4) is 0 Å². The van der Waals surface area contributed by atoms with Crippen molar-refractivity contribution in [1.82, 2.24) is 0 Å². The summed E-state index contributed by atoms with van der Waals surface area (Å²) in [5.74, 6) is 0.312. The summed E-state index contributed by atoms with van der Waals surface area (Å²) in [6.07, 6.45) is 8.77. The Labute approximate surface area is 187 Å². The highest BCUT2D eigenvalue weighted by Crippen LogP contribution is 2.80. The van der Waals surface area contributed by atoms with Crippen LogP contribution in [0.4, 0.5) is 0 Å². The Bertz CT molecular complexity index is 973. The van der Waals surface area contributed by atoms with Crippen molar-refractivity contribution in [2.45, 2.75) is 88.3 Å². The topological polar surface area (TPSA) is 94.7 Å². The van der Waals surface area contributed by atoms with Gasteiger partial charge in [-0.1, -0.05) is 6.92 Å². The Morgan fingerprint density at radius 1 is 1.16 bits per heavy atom. The van der Waals surface area contributed by atoms with Crippen LogP contribution in [-0.4, -0.2) is 54.3 Å². The van der Waals surface area contributed by atoms with Gasteiger partial charge in [-0.25, -0.2) is 4.79 Å². The maximum absolute atomic E-state index is 12.8. The first-order chi connectivity index (χ1) is 15.3. The summed E-state index contributed by atoms with van der Waals surface area (Å²) in [7, 11) is 0. The Morgan fingerprint density at radius 3 is 2.72 bits per heavy atom. The minimum atomic E-state index is -0.520. The first-order valence-corrected chi connectivity index (χ1v) is 12.2. The summed E-state index contributed by atoms with van der Waals surface area (Å²) >= 11 is 0. The Hall–Kier alpha value is -1.73. The van der Waals surface area contributed by atoms with E-state index in [1.807, 2.05) is 0 Å². The number of carbonyl (C=O) groups is 3. The average molecular weight is 443 g/mol. The van der Waals surface area contributed by atoms with E-state index in [1.54, 1.807) is 6.08 Å². The van der Waals surface area contributed by atoms with Gasteiger partial charge in [-0.05, 0) is 61.9 Å². The number of rotatable bonds is 3. The van der Waals surface area contributed by atoms with Crippen LogP contribution in [0.2, 0.25) is 0 Å². The summed E-state index contributed by atoms with van der Waals surface area (Å²) in [6, 6.07) is 0. The predicted octanol–water partition coefficient (Wildman–Crippen LogP) is 2.50. The largest absolute Gasteiger partial charge is 0.462 e. The van der Waals surface area contributed by atoms with Gasteiger partial charge < -0.3 is 23.7 Å². The molecule has 10 atom stereocenters. The van der Waals surface area contributed by atoms with E-state index < -0.39 is 11.0 Å². The third-order valence-electron chi connectivity index (χ3n) is 10.7. The molecule has 0 N–H and O–H groups in total. The second-order valence-electron chi connectivity index (χ2n) is 11.5. The number of epoxide rings is 2. The van der Waals surface area contributed by atoms with Crippen LogP contribution >= 0.6 is 0 Å². The first-order valence-electron chi connectivity index (χ1n) is 12.2. The molecule has 4 aliphatic carbocycles. The van der Waals surface area contributed by atoms with E-state index in [-0.39, 0.29) is 53.1 Å². The van der Waals surface area contributed by atoms with Gasteiger partial charge in [0.2, 0.25) is 0 Å². The number of ether oxygens (including phenoxy) is 4. The van der Waals surface area contributed by atoms with E-state index in [1.165, 1.54) is 13.2 Å². The van der Waals surface area contributed by atoms with Crippen LogP contribution in [-0.2, 0) is 33.3 Å². The zero-order valence-corrected chi connectivity index (χ0v) is 18.6. The molecule has 0 amide bonds. The number of esters is 2. The highest BCUT2D eigenvalue weighted by molar-refractivity contribution is 5.85. The fourth-order valence-electron chi connectivity index (χ4n) is 9.46. The molecule has 7 aliphatic rings. The zero-order valence-electron chi connectivity index (χ0n) is 18.6. The third-order valence-corrected chi connectivity index (χ3v) is 10.7. The summed E-state index contributed by atoms with van der Waals surface area (Å²) in [5.41, 5.74) is -0.158. The molecule has 0 aromatic heterocycles. The van der Waals surface area contributed by atoms with Gasteiger partial charge in [0, 0.05) is 24.8 Å². The lowest BCUT2D eigenvalue weighted by Gasteiger charge is -2.58. The summed E-state index contributed by atoms with van der Waals surface area (Å²) in [4.78, 5) is 36.1. The van der Waals surface area contributed by atoms with Gasteiger partial charge in [0.15, 0.2) is 0 Å². The number of cyclic esters (lactones) is 1. The van der Waals surface area contributed by atoms with Crippen molar-refractivity contribution in [3.05, 3.63) is 11.6 Å². The van der Waals surface area contributed by atoms with Crippen LogP contribution in [0.5, 0.6) is 0 Å². The number of hydrogen-bond acceptors (Lipinski definition) is 7. The number of carbonyl (C=O) groups excluding carboxylic acids is 3. The fraction of sp³-hybridized carbons (Fsp3) is 0.800. The molecule has 0 aromatic rings. The highest BCUT2D eigenvalue weighted by Gasteiger charge is 2.86. The van der Waals surface area contributed by atoms with Crippen LogP contribution in [0.3, 0.4) is 0 Å². The molecule has 7 rings (SSSR count). The second kappa shape index (κ2) is 5.84. The SMILES string of the molecule is CC(=O)O[C@H]1CC[C@]2(C=O)[C@H]3CC[C@]4(C)[C@@H](C5=CC(=O)OC5)C[C@@H]5O[C@@]54[C@@H]3C[C@H]3O[C@]32C1. The Balaban J connectivity index is 1.23. The van der Waals surface area contributed by atoms with Crippen molar-refractivity contribution in [3.63, 3.8) is 0 Å². The fourth-order valence-corrected chi connectivity index (χ4v) is 9.46. The molecular formula is C25H30O7. The summed E-state index contributed by atoms with van der Waals surface area (Å²) in [5, 5.41) is 0. The molecule has 7 heteroatoms. The number of aldehydes is 1. The lowest BCUT2D eigenvalue weighted by atomic mass is 9.43. The molecular weight excluding hydrogens is 412 g/mol. The molecule has 0 unspecified atom stereocenters. The van der Waals surface area contributed by atoms with E-state index in [9.17, 15) is 14.4 Å². The lowest BCUT2D eigenvalue weighted by Crippen LogP contribution is -2.63. The van der Waals surface area contributed by atoms with Crippen molar-refractivity contribution in [2.24, 2.45) is 28.6 Å². The Kier molecular flexibility index (Phi) is 3.60. The average Bonchev–Trinajstić information content (AvgIpc) is 3.57. The third kappa shape index (κ3) is 2.05. The Morgan fingerprint density at radius 2 is 2.00 bits per heavy atom. The predicted molar refractivity (Wildman–Crippen MR) is 109 cm³/mol. The number of fused-ring (bicyclic) bond motifs is 2. The van der Waals surface area contributed by atoms with Gasteiger partial charge in [0.05, 0.1) is 17.6 Å². The van der Waals surface area contributed by atoms with Gasteiger partial charge in [0.1, 0.15) is 30.2 Å².